The second-order valence-electron chi connectivity index (χ2n) is 6.75. The number of imidazole rings is 1. The van der Waals surface area contributed by atoms with Crippen LogP contribution in [0, 0.1) is 13.8 Å². The molecule has 0 saturated heterocycles. The molecule has 0 atom stereocenters. The molecule has 1 aliphatic rings. The van der Waals surface area contributed by atoms with E-state index in [4.69, 9.17) is 0 Å². The summed E-state index contributed by atoms with van der Waals surface area (Å²) < 4.78 is 2.13. The summed E-state index contributed by atoms with van der Waals surface area (Å²) in [5, 5.41) is 0. The Hall–Kier alpha value is -1.95. The number of nitrogens with one attached hydrogen (secondary N) is 1. The first-order chi connectivity index (χ1) is 10.9. The van der Waals surface area contributed by atoms with E-state index in [2.05, 4.69) is 31.3 Å². The topological polar surface area (TPSA) is 66.8 Å². The zero-order valence-corrected chi connectivity index (χ0v) is 14.6. The Morgan fingerprint density at radius 1 is 1.26 bits per heavy atom. The minimum Gasteiger partial charge on any atom is -0.334 e. The number of rotatable bonds is 3. The van der Waals surface area contributed by atoms with E-state index in [0.29, 0.717) is 6.54 Å². The first-order valence-corrected chi connectivity index (χ1v) is 8.20. The van der Waals surface area contributed by atoms with Crippen LogP contribution in [0.3, 0.4) is 0 Å². The van der Waals surface area contributed by atoms with Crippen LogP contribution in [0.25, 0.3) is 0 Å². The van der Waals surface area contributed by atoms with Crippen LogP contribution in [0.4, 0.5) is 0 Å². The normalized spacial score (nSPS) is 15.2. The largest absolute Gasteiger partial charge is 0.334 e. The third-order valence-electron chi connectivity index (χ3n) is 4.79. The summed E-state index contributed by atoms with van der Waals surface area (Å²) in [5.41, 5.74) is 4.04. The summed E-state index contributed by atoms with van der Waals surface area (Å²) in [6, 6.07) is 0. The Kier molecular flexibility index (Phi) is 4.10. The number of hydrogen-bond acceptors (Lipinski definition) is 4. The fraction of sp³-hybridized carbons (Fsp3) is 0.588. The molecule has 2 aromatic heterocycles. The molecule has 0 bridgehead atoms. The van der Waals surface area contributed by atoms with E-state index >= 15 is 0 Å². The average molecular weight is 315 g/mol. The molecule has 2 aromatic rings. The summed E-state index contributed by atoms with van der Waals surface area (Å²) in [6.07, 6.45) is 0.821. The van der Waals surface area contributed by atoms with Crippen LogP contribution in [-0.2, 0) is 26.6 Å². The minimum absolute atomic E-state index is 0.00982. The highest BCUT2D eigenvalue weighted by molar-refractivity contribution is 5.22. The molecule has 3 rings (SSSR count). The molecule has 0 radical (unpaired) electrons. The van der Waals surface area contributed by atoms with Crippen LogP contribution in [0.2, 0.25) is 0 Å². The minimum atomic E-state index is 0.00982. The van der Waals surface area contributed by atoms with Crippen molar-refractivity contribution in [3.05, 3.63) is 44.6 Å². The molecule has 124 valence electrons. The van der Waals surface area contributed by atoms with E-state index in [0.717, 1.165) is 48.1 Å². The van der Waals surface area contributed by atoms with Crippen LogP contribution < -0.4 is 5.56 Å². The van der Waals surface area contributed by atoms with Gasteiger partial charge in [-0.15, -0.1) is 0 Å². The van der Waals surface area contributed by atoms with Crippen LogP contribution in [0.5, 0.6) is 0 Å². The summed E-state index contributed by atoms with van der Waals surface area (Å²) >= 11 is 0. The Morgan fingerprint density at radius 2 is 2.00 bits per heavy atom. The van der Waals surface area contributed by atoms with Crippen LogP contribution in [0.1, 0.15) is 54.1 Å². The molecule has 0 unspecified atom stereocenters. The molecule has 23 heavy (non-hydrogen) atoms. The molecule has 1 aliphatic heterocycles. The van der Waals surface area contributed by atoms with Gasteiger partial charge >= 0.3 is 0 Å². The Labute approximate surface area is 136 Å². The predicted octanol–water partition coefficient (Wildman–Crippen LogP) is 1.80. The van der Waals surface area contributed by atoms with Crippen molar-refractivity contribution >= 4 is 0 Å². The smallest absolute Gasteiger partial charge is 0.255 e. The zero-order chi connectivity index (χ0) is 16.7. The van der Waals surface area contributed by atoms with Crippen molar-refractivity contribution in [1.29, 1.82) is 0 Å². The lowest BCUT2D eigenvalue weighted by Gasteiger charge is -2.27. The predicted molar refractivity (Wildman–Crippen MR) is 89.4 cm³/mol. The van der Waals surface area contributed by atoms with E-state index in [1.165, 1.54) is 5.69 Å². The van der Waals surface area contributed by atoms with Gasteiger partial charge in [-0.1, -0.05) is 13.8 Å². The van der Waals surface area contributed by atoms with Crippen LogP contribution >= 0.6 is 0 Å². The molecule has 0 aliphatic carbocycles. The highest BCUT2D eigenvalue weighted by Gasteiger charge is 2.23. The number of nitrogens with zero attached hydrogens (tertiary/aromatic N) is 4. The van der Waals surface area contributed by atoms with E-state index in [1.54, 1.807) is 0 Å². The third-order valence-corrected chi connectivity index (χ3v) is 4.79. The van der Waals surface area contributed by atoms with Crippen LogP contribution in [-0.4, -0.2) is 31.0 Å². The first-order valence-electron chi connectivity index (χ1n) is 8.20. The highest BCUT2D eigenvalue weighted by Crippen LogP contribution is 2.18. The number of aromatic amines is 1. The number of aromatic nitrogens is 4. The van der Waals surface area contributed by atoms with E-state index in [1.807, 2.05) is 27.8 Å². The van der Waals surface area contributed by atoms with Gasteiger partial charge in [0.25, 0.3) is 5.56 Å². The molecule has 6 nitrogen and oxygen atoms in total. The molecule has 0 fully saturated rings. The molecule has 6 heteroatoms. The van der Waals surface area contributed by atoms with Crippen molar-refractivity contribution in [1.82, 2.24) is 24.4 Å². The molecular formula is C17H25N5O. The van der Waals surface area contributed by atoms with Crippen LogP contribution in [0.15, 0.2) is 4.79 Å². The quantitative estimate of drug-likeness (QED) is 0.938. The second kappa shape index (κ2) is 5.92. The van der Waals surface area contributed by atoms with Gasteiger partial charge in [0.2, 0.25) is 0 Å². The molecule has 0 amide bonds. The number of aryl methyl sites for hydroxylation is 1. The Bertz CT molecular complexity index is 787. The fourth-order valence-electron chi connectivity index (χ4n) is 3.04. The SMILES string of the molecule is Cc1nc(CN2CCc3nc(C(C)C)[nH]c(=O)c3C2)n(C)c1C. The van der Waals surface area contributed by atoms with Gasteiger partial charge in [0.05, 0.1) is 23.5 Å². The highest BCUT2D eigenvalue weighted by atomic mass is 16.1. The number of H-pyrrole nitrogens is 1. The van der Waals surface area contributed by atoms with Gasteiger partial charge in [-0.2, -0.15) is 0 Å². The van der Waals surface area contributed by atoms with E-state index < -0.39 is 0 Å². The lowest BCUT2D eigenvalue weighted by atomic mass is 10.1. The summed E-state index contributed by atoms with van der Waals surface area (Å²) in [5.74, 6) is 2.08. The average Bonchev–Trinajstić information content (AvgIpc) is 2.75. The molecular weight excluding hydrogens is 290 g/mol. The molecule has 3 heterocycles. The third kappa shape index (κ3) is 2.95. The lowest BCUT2D eigenvalue weighted by Crippen LogP contribution is -2.36. The van der Waals surface area contributed by atoms with Gasteiger partial charge in [-0.3, -0.25) is 9.69 Å². The van der Waals surface area contributed by atoms with Gasteiger partial charge in [-0.25, -0.2) is 9.97 Å². The first kappa shape index (κ1) is 15.9. The standard InChI is InChI=1S/C17H25N5O/c1-10(2)16-19-14-6-7-22(8-13(14)17(23)20-16)9-15-18-11(3)12(4)21(15)5/h10H,6-9H2,1-5H3,(H,19,20,23). The van der Waals surface area contributed by atoms with Crippen molar-refractivity contribution < 1.29 is 0 Å². The zero-order valence-electron chi connectivity index (χ0n) is 14.6. The maximum absolute atomic E-state index is 12.4. The molecule has 0 spiro atoms. The van der Waals surface area contributed by atoms with Gasteiger partial charge in [0, 0.05) is 38.2 Å². The number of hydrogen-bond donors (Lipinski definition) is 1. The van der Waals surface area contributed by atoms with Gasteiger partial charge < -0.3 is 9.55 Å². The summed E-state index contributed by atoms with van der Waals surface area (Å²) in [4.78, 5) is 26.9. The van der Waals surface area contributed by atoms with E-state index in [9.17, 15) is 4.79 Å². The Balaban J connectivity index is 1.83. The molecule has 0 aromatic carbocycles. The maximum atomic E-state index is 12.4. The lowest BCUT2D eigenvalue weighted by molar-refractivity contribution is 0.233. The molecule has 1 N–H and O–H groups in total. The fourth-order valence-corrected chi connectivity index (χ4v) is 3.04. The maximum Gasteiger partial charge on any atom is 0.255 e. The van der Waals surface area contributed by atoms with Gasteiger partial charge in [-0.05, 0) is 13.8 Å². The monoisotopic (exact) mass is 315 g/mol. The van der Waals surface area contributed by atoms with Crippen molar-refractivity contribution in [3.8, 4) is 0 Å². The van der Waals surface area contributed by atoms with Crippen molar-refractivity contribution in [2.75, 3.05) is 6.54 Å². The van der Waals surface area contributed by atoms with E-state index in [-0.39, 0.29) is 11.5 Å². The summed E-state index contributed by atoms with van der Waals surface area (Å²) in [6.45, 7) is 10.5. The van der Waals surface area contributed by atoms with Gasteiger partial charge in [0.1, 0.15) is 11.6 Å². The summed E-state index contributed by atoms with van der Waals surface area (Å²) in [7, 11) is 2.05. The van der Waals surface area contributed by atoms with Crippen molar-refractivity contribution in [2.45, 2.75) is 53.1 Å². The van der Waals surface area contributed by atoms with Crippen molar-refractivity contribution in [3.63, 3.8) is 0 Å². The van der Waals surface area contributed by atoms with Gasteiger partial charge in [0.15, 0.2) is 0 Å². The number of fused-ring (bicyclic) bond motifs is 1. The van der Waals surface area contributed by atoms with Crippen molar-refractivity contribution in [2.24, 2.45) is 7.05 Å². The Morgan fingerprint density at radius 3 is 2.61 bits per heavy atom. The molecule has 0 saturated carbocycles. The second-order valence-corrected chi connectivity index (χ2v) is 6.75.